The Bertz CT molecular complexity index is 588. The van der Waals surface area contributed by atoms with Crippen LogP contribution in [0.1, 0.15) is 29.0 Å². The van der Waals surface area contributed by atoms with Gasteiger partial charge in [-0.1, -0.05) is 23.7 Å². The summed E-state index contributed by atoms with van der Waals surface area (Å²) in [5, 5.41) is 7.18. The van der Waals surface area contributed by atoms with Crippen molar-refractivity contribution in [3.05, 3.63) is 46.7 Å². The molecule has 0 unspecified atom stereocenters. The van der Waals surface area contributed by atoms with E-state index < -0.39 is 0 Å². The van der Waals surface area contributed by atoms with Crippen LogP contribution in [0.15, 0.2) is 30.5 Å². The minimum Gasteiger partial charge on any atom is -0.497 e. The van der Waals surface area contributed by atoms with Crippen LogP contribution in [0.25, 0.3) is 0 Å². The van der Waals surface area contributed by atoms with Crippen molar-refractivity contribution >= 4 is 17.5 Å². The lowest BCUT2D eigenvalue weighted by molar-refractivity contribution is 0.0930. The van der Waals surface area contributed by atoms with Crippen molar-refractivity contribution in [2.24, 2.45) is 7.05 Å². The van der Waals surface area contributed by atoms with Gasteiger partial charge in [-0.15, -0.1) is 0 Å². The van der Waals surface area contributed by atoms with Crippen LogP contribution in [0.4, 0.5) is 0 Å². The average molecular weight is 294 g/mol. The lowest BCUT2D eigenvalue weighted by atomic mass is 10.1. The highest BCUT2D eigenvalue weighted by Gasteiger charge is 2.18. The SMILES string of the molecule is COc1ccc([C@@H](C)NC(=O)c2c(Cl)cnn2C)cc1. The molecule has 1 N–H and O–H groups in total. The van der Waals surface area contributed by atoms with E-state index in [1.165, 1.54) is 10.9 Å². The number of rotatable bonds is 4. The molecule has 2 aromatic rings. The predicted octanol–water partition coefficient (Wildman–Crippen LogP) is 2.57. The fraction of sp³-hybridized carbons (Fsp3) is 0.286. The van der Waals surface area contributed by atoms with Crippen molar-refractivity contribution in [2.75, 3.05) is 7.11 Å². The molecule has 1 aromatic carbocycles. The Morgan fingerprint density at radius 3 is 2.55 bits per heavy atom. The topological polar surface area (TPSA) is 56.1 Å². The van der Waals surface area contributed by atoms with Gasteiger partial charge in [-0.25, -0.2) is 0 Å². The molecule has 1 atom stereocenters. The summed E-state index contributed by atoms with van der Waals surface area (Å²) in [5.74, 6) is 0.528. The summed E-state index contributed by atoms with van der Waals surface area (Å²) < 4.78 is 6.56. The van der Waals surface area contributed by atoms with Crippen LogP contribution in [0.2, 0.25) is 5.02 Å². The van der Waals surface area contributed by atoms with Gasteiger partial charge in [0, 0.05) is 7.05 Å². The van der Waals surface area contributed by atoms with E-state index in [1.807, 2.05) is 31.2 Å². The summed E-state index contributed by atoms with van der Waals surface area (Å²) in [6.45, 7) is 1.91. The van der Waals surface area contributed by atoms with Crippen molar-refractivity contribution in [1.82, 2.24) is 15.1 Å². The van der Waals surface area contributed by atoms with Gasteiger partial charge in [-0.05, 0) is 24.6 Å². The van der Waals surface area contributed by atoms with E-state index in [9.17, 15) is 4.79 Å². The number of hydrogen-bond donors (Lipinski definition) is 1. The molecule has 0 fully saturated rings. The standard InChI is InChI=1S/C14H16ClN3O2/c1-9(10-4-6-11(20-3)7-5-10)17-14(19)13-12(15)8-16-18(13)2/h4-9H,1-3H3,(H,17,19)/t9-/m1/s1. The fourth-order valence-electron chi connectivity index (χ4n) is 1.91. The van der Waals surface area contributed by atoms with E-state index in [4.69, 9.17) is 16.3 Å². The molecule has 2 rings (SSSR count). The Kier molecular flexibility index (Phi) is 4.29. The van der Waals surface area contributed by atoms with E-state index in [0.29, 0.717) is 10.7 Å². The van der Waals surface area contributed by atoms with Gasteiger partial charge in [0.15, 0.2) is 0 Å². The number of benzene rings is 1. The first-order valence-corrected chi connectivity index (χ1v) is 6.53. The van der Waals surface area contributed by atoms with Gasteiger partial charge >= 0.3 is 0 Å². The van der Waals surface area contributed by atoms with E-state index in [-0.39, 0.29) is 11.9 Å². The van der Waals surface area contributed by atoms with Crippen LogP contribution in [-0.4, -0.2) is 22.8 Å². The maximum Gasteiger partial charge on any atom is 0.271 e. The van der Waals surface area contributed by atoms with Crippen molar-refractivity contribution in [3.63, 3.8) is 0 Å². The monoisotopic (exact) mass is 293 g/mol. The van der Waals surface area contributed by atoms with Crippen LogP contribution in [0, 0.1) is 0 Å². The third-order valence-electron chi connectivity index (χ3n) is 3.07. The number of hydrogen-bond acceptors (Lipinski definition) is 3. The predicted molar refractivity (Wildman–Crippen MR) is 77.1 cm³/mol. The van der Waals surface area contributed by atoms with Crippen molar-refractivity contribution < 1.29 is 9.53 Å². The zero-order chi connectivity index (χ0) is 14.7. The van der Waals surface area contributed by atoms with Crippen LogP contribution in [0.5, 0.6) is 5.75 Å². The second kappa shape index (κ2) is 5.96. The minimum absolute atomic E-state index is 0.139. The Morgan fingerprint density at radius 2 is 2.05 bits per heavy atom. The molecule has 0 bridgehead atoms. The number of aryl methyl sites for hydroxylation is 1. The first kappa shape index (κ1) is 14.4. The summed E-state index contributed by atoms with van der Waals surface area (Å²) in [6.07, 6.45) is 1.45. The van der Waals surface area contributed by atoms with Crippen LogP contribution in [0.3, 0.4) is 0 Å². The summed E-state index contributed by atoms with van der Waals surface area (Å²) in [4.78, 5) is 12.2. The van der Waals surface area contributed by atoms with E-state index in [0.717, 1.165) is 11.3 Å². The van der Waals surface area contributed by atoms with Crippen LogP contribution < -0.4 is 10.1 Å². The third kappa shape index (κ3) is 2.93. The first-order valence-electron chi connectivity index (χ1n) is 6.15. The highest BCUT2D eigenvalue weighted by Crippen LogP contribution is 2.19. The lowest BCUT2D eigenvalue weighted by Gasteiger charge is -2.15. The zero-order valence-corrected chi connectivity index (χ0v) is 12.3. The molecule has 1 amide bonds. The molecule has 0 aliphatic rings. The number of halogens is 1. The Morgan fingerprint density at radius 1 is 1.40 bits per heavy atom. The molecule has 1 heterocycles. The number of carbonyl (C=O) groups is 1. The summed E-state index contributed by atoms with van der Waals surface area (Å²) >= 11 is 5.95. The Labute approximate surface area is 122 Å². The second-order valence-electron chi connectivity index (χ2n) is 4.43. The van der Waals surface area contributed by atoms with Crippen LogP contribution in [-0.2, 0) is 7.05 Å². The number of ether oxygens (including phenoxy) is 1. The molecule has 0 spiro atoms. The Balaban J connectivity index is 2.11. The minimum atomic E-state index is -0.252. The quantitative estimate of drug-likeness (QED) is 0.942. The molecule has 1 aromatic heterocycles. The molecule has 0 saturated heterocycles. The normalized spacial score (nSPS) is 12.0. The number of carbonyl (C=O) groups excluding carboxylic acids is 1. The maximum absolute atomic E-state index is 12.2. The Hall–Kier alpha value is -2.01. The number of nitrogens with zero attached hydrogens (tertiary/aromatic N) is 2. The van der Waals surface area contributed by atoms with Crippen molar-refractivity contribution in [1.29, 1.82) is 0 Å². The van der Waals surface area contributed by atoms with Gasteiger partial charge in [0.05, 0.1) is 24.4 Å². The van der Waals surface area contributed by atoms with E-state index in [1.54, 1.807) is 14.2 Å². The van der Waals surface area contributed by atoms with Crippen LogP contribution >= 0.6 is 11.6 Å². The molecular weight excluding hydrogens is 278 g/mol. The van der Waals surface area contributed by atoms with Crippen molar-refractivity contribution in [2.45, 2.75) is 13.0 Å². The largest absolute Gasteiger partial charge is 0.497 e. The van der Waals surface area contributed by atoms with Gasteiger partial charge in [0.25, 0.3) is 5.91 Å². The number of nitrogens with one attached hydrogen (secondary N) is 1. The highest BCUT2D eigenvalue weighted by atomic mass is 35.5. The highest BCUT2D eigenvalue weighted by molar-refractivity contribution is 6.33. The van der Waals surface area contributed by atoms with Gasteiger partial charge in [-0.3, -0.25) is 9.48 Å². The van der Waals surface area contributed by atoms with Gasteiger partial charge in [-0.2, -0.15) is 5.10 Å². The van der Waals surface area contributed by atoms with Gasteiger partial charge in [0.2, 0.25) is 0 Å². The molecule has 0 saturated carbocycles. The molecule has 0 aliphatic heterocycles. The molecule has 5 nitrogen and oxygen atoms in total. The van der Waals surface area contributed by atoms with Crippen molar-refractivity contribution in [3.8, 4) is 5.75 Å². The molecule has 106 valence electrons. The summed E-state index contributed by atoms with van der Waals surface area (Å²) in [7, 11) is 3.30. The smallest absolute Gasteiger partial charge is 0.271 e. The third-order valence-corrected chi connectivity index (χ3v) is 3.35. The van der Waals surface area contributed by atoms with Gasteiger partial charge in [0.1, 0.15) is 11.4 Å². The molecule has 0 aliphatic carbocycles. The number of methoxy groups -OCH3 is 1. The molecule has 20 heavy (non-hydrogen) atoms. The molecular formula is C14H16ClN3O2. The molecule has 0 radical (unpaired) electrons. The second-order valence-corrected chi connectivity index (χ2v) is 4.84. The first-order chi connectivity index (χ1) is 9.52. The summed E-state index contributed by atoms with van der Waals surface area (Å²) in [6, 6.07) is 7.40. The van der Waals surface area contributed by atoms with Gasteiger partial charge < -0.3 is 10.1 Å². The molecule has 6 heteroatoms. The zero-order valence-electron chi connectivity index (χ0n) is 11.6. The lowest BCUT2D eigenvalue weighted by Crippen LogP contribution is -2.28. The van der Waals surface area contributed by atoms with E-state index >= 15 is 0 Å². The summed E-state index contributed by atoms with van der Waals surface area (Å²) in [5.41, 5.74) is 1.34. The fourth-order valence-corrected chi connectivity index (χ4v) is 2.16. The van der Waals surface area contributed by atoms with E-state index in [2.05, 4.69) is 10.4 Å². The number of aromatic nitrogens is 2. The number of amides is 1. The average Bonchev–Trinajstić information content (AvgIpc) is 2.78. The maximum atomic E-state index is 12.2.